The average molecular weight is 389 g/mol. The first-order valence-electron chi connectivity index (χ1n) is 8.05. The molecular formula is C21H16F3O2S+. The molecule has 0 spiro atoms. The van der Waals surface area contributed by atoms with Crippen molar-refractivity contribution in [3.63, 3.8) is 0 Å². The predicted molar refractivity (Wildman–Crippen MR) is 97.8 cm³/mol. The molecule has 27 heavy (non-hydrogen) atoms. The summed E-state index contributed by atoms with van der Waals surface area (Å²) in [6.45, 7) is 0. The Kier molecular flexibility index (Phi) is 5.56. The first-order chi connectivity index (χ1) is 12.9. The van der Waals surface area contributed by atoms with Crippen LogP contribution in [0.4, 0.5) is 13.2 Å². The summed E-state index contributed by atoms with van der Waals surface area (Å²) in [5.74, 6) is -0.458. The van der Waals surface area contributed by atoms with Crippen LogP contribution in [0.1, 0.15) is 15.9 Å². The monoisotopic (exact) mass is 389 g/mol. The molecule has 0 aliphatic carbocycles. The predicted octanol–water partition coefficient (Wildman–Crippen LogP) is 5.59. The van der Waals surface area contributed by atoms with Gasteiger partial charge in [0.1, 0.15) is 0 Å². The molecule has 0 bridgehead atoms. The Hall–Kier alpha value is -2.73. The van der Waals surface area contributed by atoms with E-state index in [0.29, 0.717) is 10.5 Å². The summed E-state index contributed by atoms with van der Waals surface area (Å²) in [4.78, 5) is 13.9. The van der Waals surface area contributed by atoms with Gasteiger partial charge in [-0.25, -0.2) is 4.79 Å². The van der Waals surface area contributed by atoms with Gasteiger partial charge >= 0.3 is 12.1 Å². The highest BCUT2D eigenvalue weighted by Crippen LogP contribution is 2.35. The molecule has 6 heteroatoms. The van der Waals surface area contributed by atoms with Gasteiger partial charge < -0.3 is 4.74 Å². The maximum Gasteiger partial charge on any atom is 0.416 e. The molecule has 2 nitrogen and oxygen atoms in total. The molecule has 0 heterocycles. The van der Waals surface area contributed by atoms with Crippen LogP contribution in [0.5, 0.6) is 0 Å². The maximum absolute atomic E-state index is 13.2. The lowest BCUT2D eigenvalue weighted by atomic mass is 10.2. The number of methoxy groups -OCH3 is 1. The van der Waals surface area contributed by atoms with Crippen LogP contribution in [0, 0.1) is 0 Å². The Morgan fingerprint density at radius 3 is 2.00 bits per heavy atom. The van der Waals surface area contributed by atoms with Crippen LogP contribution in [0.3, 0.4) is 0 Å². The van der Waals surface area contributed by atoms with Crippen molar-refractivity contribution in [2.24, 2.45) is 0 Å². The Bertz CT molecular complexity index is 922. The summed E-state index contributed by atoms with van der Waals surface area (Å²) in [5, 5.41) is 0. The normalized spacial score (nSPS) is 12.4. The fourth-order valence-corrected chi connectivity index (χ4v) is 4.72. The molecular weight excluding hydrogens is 373 g/mol. The Morgan fingerprint density at radius 2 is 1.41 bits per heavy atom. The van der Waals surface area contributed by atoms with Crippen LogP contribution in [-0.4, -0.2) is 13.1 Å². The fraction of sp³-hybridized carbons (Fsp3) is 0.0952. The van der Waals surface area contributed by atoms with E-state index in [9.17, 15) is 18.0 Å². The molecule has 0 saturated carbocycles. The Morgan fingerprint density at radius 1 is 0.815 bits per heavy atom. The smallest absolute Gasteiger partial charge is 0.416 e. The largest absolute Gasteiger partial charge is 0.465 e. The number of carbonyl (C=O) groups is 1. The van der Waals surface area contributed by atoms with E-state index in [2.05, 4.69) is 0 Å². The highest BCUT2D eigenvalue weighted by Gasteiger charge is 2.35. The van der Waals surface area contributed by atoms with Gasteiger partial charge in [0.2, 0.25) is 0 Å². The van der Waals surface area contributed by atoms with Gasteiger partial charge in [-0.05, 0) is 48.5 Å². The lowest BCUT2D eigenvalue weighted by molar-refractivity contribution is -0.137. The number of alkyl halides is 3. The molecule has 0 saturated heterocycles. The van der Waals surface area contributed by atoms with Crippen LogP contribution >= 0.6 is 0 Å². The lowest BCUT2D eigenvalue weighted by Gasteiger charge is -2.11. The van der Waals surface area contributed by atoms with Crippen molar-refractivity contribution in [2.75, 3.05) is 7.11 Å². The van der Waals surface area contributed by atoms with E-state index in [1.807, 2.05) is 30.3 Å². The number of carbonyl (C=O) groups excluding carboxylic acids is 1. The van der Waals surface area contributed by atoms with Gasteiger partial charge in [-0.2, -0.15) is 13.2 Å². The molecule has 3 rings (SSSR count). The quantitative estimate of drug-likeness (QED) is 0.430. The average Bonchev–Trinajstić information content (AvgIpc) is 2.68. The minimum atomic E-state index is -4.41. The summed E-state index contributed by atoms with van der Waals surface area (Å²) in [5.41, 5.74) is -0.290. The summed E-state index contributed by atoms with van der Waals surface area (Å²) < 4.78 is 44.2. The second-order valence-electron chi connectivity index (χ2n) is 5.66. The summed E-state index contributed by atoms with van der Waals surface area (Å²) in [6.07, 6.45) is -4.41. The molecule has 3 aromatic rings. The van der Waals surface area contributed by atoms with E-state index >= 15 is 0 Å². The minimum absolute atomic E-state index is 0.391. The summed E-state index contributed by atoms with van der Waals surface area (Å²) in [6, 6.07) is 21.5. The van der Waals surface area contributed by atoms with Crippen LogP contribution < -0.4 is 0 Å². The van der Waals surface area contributed by atoms with E-state index in [1.54, 1.807) is 30.3 Å². The van der Waals surface area contributed by atoms with E-state index < -0.39 is 28.6 Å². The Labute approximate surface area is 158 Å². The van der Waals surface area contributed by atoms with Gasteiger partial charge in [-0.1, -0.05) is 24.3 Å². The highest BCUT2D eigenvalue weighted by atomic mass is 32.2. The minimum Gasteiger partial charge on any atom is -0.465 e. The maximum atomic E-state index is 13.2. The second kappa shape index (κ2) is 7.88. The van der Waals surface area contributed by atoms with Crippen molar-refractivity contribution in [1.82, 2.24) is 0 Å². The van der Waals surface area contributed by atoms with Crippen LogP contribution in [0.2, 0.25) is 0 Å². The molecule has 138 valence electrons. The molecule has 3 aromatic carbocycles. The molecule has 0 aliphatic rings. The number of ether oxygens (including phenoxy) is 1. The highest BCUT2D eigenvalue weighted by molar-refractivity contribution is 7.97. The van der Waals surface area contributed by atoms with Crippen molar-refractivity contribution in [3.8, 4) is 0 Å². The van der Waals surface area contributed by atoms with Crippen molar-refractivity contribution in [3.05, 3.63) is 90.0 Å². The number of hydrogen-bond acceptors (Lipinski definition) is 2. The molecule has 0 N–H and O–H groups in total. The van der Waals surface area contributed by atoms with Crippen molar-refractivity contribution < 1.29 is 22.7 Å². The Balaban J connectivity index is 2.09. The van der Waals surface area contributed by atoms with E-state index in [4.69, 9.17) is 4.74 Å². The van der Waals surface area contributed by atoms with Gasteiger partial charge in [-0.15, -0.1) is 0 Å². The molecule has 0 aromatic heterocycles. The van der Waals surface area contributed by atoms with Gasteiger partial charge in [0.05, 0.1) is 29.1 Å². The van der Waals surface area contributed by atoms with Gasteiger partial charge in [0.25, 0.3) is 0 Å². The van der Waals surface area contributed by atoms with E-state index in [-0.39, 0.29) is 0 Å². The number of halogens is 3. The van der Waals surface area contributed by atoms with Gasteiger partial charge in [-0.3, -0.25) is 0 Å². The third kappa shape index (κ3) is 4.34. The van der Waals surface area contributed by atoms with E-state index in [0.717, 1.165) is 15.9 Å². The first-order valence-corrected chi connectivity index (χ1v) is 9.27. The molecule has 0 amide bonds. The SMILES string of the molecule is COC(=O)c1ccc([S+](c2ccccc2)c2cccc(C(F)(F)F)c2)cc1. The zero-order chi connectivity index (χ0) is 19.4. The van der Waals surface area contributed by atoms with Crippen LogP contribution in [0.15, 0.2) is 93.5 Å². The number of esters is 1. The van der Waals surface area contributed by atoms with E-state index in [1.165, 1.54) is 19.2 Å². The summed E-state index contributed by atoms with van der Waals surface area (Å²) in [7, 11) is 0.564. The van der Waals surface area contributed by atoms with Crippen molar-refractivity contribution in [1.29, 1.82) is 0 Å². The molecule has 1 atom stereocenters. The van der Waals surface area contributed by atoms with Gasteiger partial charge in [0, 0.05) is 6.07 Å². The third-order valence-electron chi connectivity index (χ3n) is 3.89. The van der Waals surface area contributed by atoms with Crippen LogP contribution in [0.25, 0.3) is 0 Å². The number of benzene rings is 3. The second-order valence-corrected chi connectivity index (χ2v) is 7.69. The molecule has 1 unspecified atom stereocenters. The number of rotatable bonds is 4. The van der Waals surface area contributed by atoms with Crippen LogP contribution in [-0.2, 0) is 21.8 Å². The molecule has 0 radical (unpaired) electrons. The summed E-state index contributed by atoms with van der Waals surface area (Å²) >= 11 is 0. The number of hydrogen-bond donors (Lipinski definition) is 0. The zero-order valence-corrected chi connectivity index (χ0v) is 15.2. The first kappa shape index (κ1) is 19.0. The fourth-order valence-electron chi connectivity index (χ4n) is 2.61. The van der Waals surface area contributed by atoms with Crippen molar-refractivity contribution >= 4 is 16.9 Å². The topological polar surface area (TPSA) is 26.3 Å². The standard InChI is InChI=1S/C21H16F3O2S/c1-26-20(25)15-10-12-18(13-11-15)27(17-7-3-2-4-8-17)19-9-5-6-16(14-19)21(22,23)24/h2-14H,1H3/q+1. The molecule has 0 fully saturated rings. The zero-order valence-electron chi connectivity index (χ0n) is 14.4. The third-order valence-corrected chi connectivity index (χ3v) is 6.10. The van der Waals surface area contributed by atoms with Crippen molar-refractivity contribution in [2.45, 2.75) is 20.9 Å². The van der Waals surface area contributed by atoms with Gasteiger partial charge in [0.15, 0.2) is 14.7 Å². The lowest BCUT2D eigenvalue weighted by Crippen LogP contribution is -2.09. The molecule has 0 aliphatic heterocycles.